The normalized spacial score (nSPS) is 20.8. The average Bonchev–Trinajstić information content (AvgIpc) is 3.51. The molecule has 1 unspecified atom stereocenters. The summed E-state index contributed by atoms with van der Waals surface area (Å²) in [5.41, 5.74) is 0.787. The van der Waals surface area contributed by atoms with Gasteiger partial charge in [0.05, 0.1) is 42.7 Å². The van der Waals surface area contributed by atoms with Gasteiger partial charge in [0, 0.05) is 53.9 Å². The number of carbonyl (C=O) groups excluding carboxylic acids is 4. The summed E-state index contributed by atoms with van der Waals surface area (Å²) in [5, 5.41) is 19.1. The van der Waals surface area contributed by atoms with Crippen LogP contribution in [0.3, 0.4) is 0 Å². The Kier molecular flexibility index (Phi) is 19.4. The van der Waals surface area contributed by atoms with Crippen molar-refractivity contribution in [2.75, 3.05) is 54.0 Å². The Morgan fingerprint density at radius 3 is 2.16 bits per heavy atom. The molecule has 2 fully saturated rings. The average molecular weight is 801 g/mol. The van der Waals surface area contributed by atoms with Gasteiger partial charge >= 0.3 is 5.97 Å². The van der Waals surface area contributed by atoms with Crippen LogP contribution in [0.1, 0.15) is 86.1 Å². The van der Waals surface area contributed by atoms with Gasteiger partial charge in [0.2, 0.25) is 23.6 Å². The van der Waals surface area contributed by atoms with Crippen LogP contribution in [0.15, 0.2) is 30.3 Å². The number of hydrogen-bond acceptors (Lipinski definition) is 9. The van der Waals surface area contributed by atoms with Crippen LogP contribution in [-0.4, -0.2) is 146 Å². The molecule has 14 heteroatoms. The Morgan fingerprint density at radius 1 is 0.895 bits per heavy atom. The number of likely N-dealkylation sites (tertiary alicyclic amines) is 1. The molecule has 2 heterocycles. The van der Waals surface area contributed by atoms with Crippen LogP contribution in [0.25, 0.3) is 0 Å². The number of ether oxygens (including phenoxy) is 2. The fourth-order valence-corrected chi connectivity index (χ4v) is 8.67. The molecule has 0 spiro atoms. The Morgan fingerprint density at radius 2 is 1.58 bits per heavy atom. The summed E-state index contributed by atoms with van der Waals surface area (Å²) in [6.45, 7) is 17.5. The molecule has 1 aromatic carbocycles. The van der Waals surface area contributed by atoms with Crippen molar-refractivity contribution in [3.8, 4) is 0 Å². The number of nitrogens with one attached hydrogen (secondary N) is 3. The molecule has 0 aromatic heterocycles. The van der Waals surface area contributed by atoms with Gasteiger partial charge in [-0.05, 0) is 49.1 Å². The number of amides is 4. The number of rotatable bonds is 21. The van der Waals surface area contributed by atoms with Crippen LogP contribution in [0.5, 0.6) is 0 Å². The predicted octanol–water partition coefficient (Wildman–Crippen LogP) is 3.18. The van der Waals surface area contributed by atoms with Crippen molar-refractivity contribution in [1.82, 2.24) is 30.7 Å². The van der Waals surface area contributed by atoms with Gasteiger partial charge in [-0.1, -0.05) is 85.2 Å². The van der Waals surface area contributed by atoms with Crippen molar-refractivity contribution in [3.63, 3.8) is 0 Å². The van der Waals surface area contributed by atoms with E-state index in [2.05, 4.69) is 20.9 Å². The summed E-state index contributed by atoms with van der Waals surface area (Å²) < 4.78 is 11.9. The summed E-state index contributed by atoms with van der Waals surface area (Å²) in [7, 11) is 4.79. The van der Waals surface area contributed by atoms with E-state index in [9.17, 15) is 29.1 Å². The van der Waals surface area contributed by atoms with Crippen molar-refractivity contribution in [2.45, 2.75) is 129 Å². The molecule has 4 amide bonds. The summed E-state index contributed by atoms with van der Waals surface area (Å²) in [4.78, 5) is 74.0. The lowest BCUT2D eigenvalue weighted by Gasteiger charge is -2.41. The van der Waals surface area contributed by atoms with Crippen LogP contribution >= 0.6 is 0 Å². The standard InChI is InChI=1S/C43H72N6O8/c1-11-29(6)38(47(8)42(53)36(27(2)3)46-41(52)37(28(4)5)48-22-16-20-44-21-24-48)34(56-9)26-35(50)49-23-15-19-33(49)39(57-10)30(7)40(51)45-32(43(54)55)25-31-17-13-12-14-18-31/h12-14,17-18,27-30,32-34,36-39,44H,11,15-16,19-26H2,1-10H3,(H,45,51)(H,46,52)(H,54,55)/t29-,30+,32-,33-,34?,36-,37-,38-,39+/m0/s1. The van der Waals surface area contributed by atoms with Crippen molar-refractivity contribution in [1.29, 1.82) is 0 Å². The van der Waals surface area contributed by atoms with Gasteiger partial charge in [-0.15, -0.1) is 0 Å². The maximum atomic E-state index is 14.5. The second kappa shape index (κ2) is 23.1. The molecule has 2 aliphatic heterocycles. The third kappa shape index (κ3) is 13.0. The molecule has 2 saturated heterocycles. The molecule has 0 bridgehead atoms. The second-order valence-electron chi connectivity index (χ2n) is 16.7. The molecule has 0 aliphatic carbocycles. The second-order valence-corrected chi connectivity index (χ2v) is 16.7. The summed E-state index contributed by atoms with van der Waals surface area (Å²) >= 11 is 0. The predicted molar refractivity (Wildman–Crippen MR) is 220 cm³/mol. The Labute approximate surface area is 341 Å². The van der Waals surface area contributed by atoms with Crippen molar-refractivity contribution < 1.29 is 38.6 Å². The molecular weight excluding hydrogens is 729 g/mol. The van der Waals surface area contributed by atoms with Gasteiger partial charge < -0.3 is 40.3 Å². The quantitative estimate of drug-likeness (QED) is 0.145. The zero-order chi connectivity index (χ0) is 42.4. The van der Waals surface area contributed by atoms with E-state index in [0.717, 1.165) is 44.6 Å². The molecule has 4 N–H and O–H groups in total. The molecule has 1 aromatic rings. The number of likely N-dealkylation sites (N-methyl/N-ethyl adjacent to an activating group) is 1. The zero-order valence-corrected chi connectivity index (χ0v) is 36.2. The summed E-state index contributed by atoms with van der Waals surface area (Å²) in [6.07, 6.45) is 1.77. The Bertz CT molecular complexity index is 1440. The largest absolute Gasteiger partial charge is 0.480 e. The highest BCUT2D eigenvalue weighted by Crippen LogP contribution is 2.30. The minimum absolute atomic E-state index is 0.00801. The Hall–Kier alpha value is -3.59. The first-order chi connectivity index (χ1) is 27.1. The van der Waals surface area contributed by atoms with Crippen LogP contribution in [0, 0.1) is 23.7 Å². The van der Waals surface area contributed by atoms with Crippen molar-refractivity contribution >= 4 is 29.6 Å². The van der Waals surface area contributed by atoms with E-state index in [1.165, 1.54) is 7.11 Å². The smallest absolute Gasteiger partial charge is 0.326 e. The first kappa shape index (κ1) is 47.8. The number of nitrogens with zero attached hydrogens (tertiary/aromatic N) is 3. The highest BCUT2D eigenvalue weighted by Gasteiger charge is 2.43. The van der Waals surface area contributed by atoms with E-state index in [4.69, 9.17) is 9.47 Å². The molecule has 3 rings (SSSR count). The van der Waals surface area contributed by atoms with E-state index in [1.807, 2.05) is 71.9 Å². The number of hydrogen-bond donors (Lipinski definition) is 4. The van der Waals surface area contributed by atoms with Gasteiger partial charge in [0.25, 0.3) is 0 Å². The summed E-state index contributed by atoms with van der Waals surface area (Å²) in [6, 6.07) is 5.94. The van der Waals surface area contributed by atoms with E-state index in [-0.39, 0.29) is 54.4 Å². The number of carboxylic acids is 1. The molecule has 0 radical (unpaired) electrons. The van der Waals surface area contributed by atoms with Gasteiger partial charge in [0.15, 0.2) is 0 Å². The van der Waals surface area contributed by atoms with Gasteiger partial charge in [-0.3, -0.25) is 24.1 Å². The van der Waals surface area contributed by atoms with Gasteiger partial charge in [-0.2, -0.15) is 0 Å². The van der Waals surface area contributed by atoms with Gasteiger partial charge in [-0.25, -0.2) is 4.79 Å². The molecular formula is C43H72N6O8. The lowest BCUT2D eigenvalue weighted by molar-refractivity contribution is -0.148. The third-order valence-electron chi connectivity index (χ3n) is 12.1. The zero-order valence-electron chi connectivity index (χ0n) is 36.2. The van der Waals surface area contributed by atoms with Crippen LogP contribution in [0.4, 0.5) is 0 Å². The molecule has 2 aliphatic rings. The van der Waals surface area contributed by atoms with Crippen LogP contribution < -0.4 is 16.0 Å². The minimum atomic E-state index is -1.14. The maximum absolute atomic E-state index is 14.5. The molecule has 0 saturated carbocycles. The van der Waals surface area contributed by atoms with E-state index in [1.54, 1.807) is 30.9 Å². The maximum Gasteiger partial charge on any atom is 0.326 e. The van der Waals surface area contributed by atoms with E-state index in [0.29, 0.717) is 19.4 Å². The SMILES string of the molecule is CC[C@H](C)[C@@H](C(CC(=O)N1CCC[C@H]1[C@H](OC)[C@@H](C)C(=O)N[C@@H](Cc1ccccc1)C(=O)O)OC)N(C)C(=O)[C@@H](NC(=O)[C@H](C(C)C)N1CCCNCC1)C(C)C. The highest BCUT2D eigenvalue weighted by atomic mass is 16.5. The fourth-order valence-electron chi connectivity index (χ4n) is 8.67. The van der Waals surface area contributed by atoms with Crippen LogP contribution in [0.2, 0.25) is 0 Å². The number of methoxy groups -OCH3 is 2. The highest BCUT2D eigenvalue weighted by molar-refractivity contribution is 5.90. The monoisotopic (exact) mass is 801 g/mol. The van der Waals surface area contributed by atoms with Crippen molar-refractivity contribution in [3.05, 3.63) is 35.9 Å². The molecule has 9 atom stereocenters. The first-order valence-corrected chi connectivity index (χ1v) is 21.0. The van der Waals surface area contributed by atoms with E-state index >= 15 is 0 Å². The van der Waals surface area contributed by atoms with Crippen LogP contribution in [-0.2, 0) is 39.9 Å². The Balaban J connectivity index is 1.77. The number of carbonyl (C=O) groups is 5. The molecule has 57 heavy (non-hydrogen) atoms. The lowest BCUT2D eigenvalue weighted by Crippen LogP contribution is -2.60. The topological polar surface area (TPSA) is 170 Å². The van der Waals surface area contributed by atoms with E-state index < -0.39 is 54.2 Å². The van der Waals surface area contributed by atoms with Crippen molar-refractivity contribution in [2.24, 2.45) is 23.7 Å². The summed E-state index contributed by atoms with van der Waals surface area (Å²) in [5.74, 6) is -3.12. The molecule has 322 valence electrons. The lowest BCUT2D eigenvalue weighted by atomic mass is 9.89. The third-order valence-corrected chi connectivity index (χ3v) is 12.1. The fraction of sp³-hybridized carbons (Fsp3) is 0.744. The number of aliphatic carboxylic acids is 1. The number of benzene rings is 1. The minimum Gasteiger partial charge on any atom is -0.480 e. The molecule has 14 nitrogen and oxygen atoms in total. The van der Waals surface area contributed by atoms with Gasteiger partial charge in [0.1, 0.15) is 12.1 Å². The first-order valence-electron chi connectivity index (χ1n) is 21.0. The number of carboxylic acid groups (broad SMARTS) is 1.